The molecule has 0 radical (unpaired) electrons. The minimum atomic E-state index is 0.607. The van der Waals surface area contributed by atoms with E-state index in [2.05, 4.69) is 10.4 Å². The number of methoxy groups -OCH3 is 3. The van der Waals surface area contributed by atoms with Crippen LogP contribution in [0.3, 0.4) is 0 Å². The van der Waals surface area contributed by atoms with Crippen LogP contribution in [0.2, 0.25) is 0 Å². The number of aryl methyl sites for hydroxylation is 1. The normalized spacial score (nSPS) is 10.5. The first kappa shape index (κ1) is 15.2. The van der Waals surface area contributed by atoms with Crippen molar-refractivity contribution < 1.29 is 14.2 Å². The molecule has 114 valence electrons. The van der Waals surface area contributed by atoms with Gasteiger partial charge in [-0.25, -0.2) is 0 Å². The van der Waals surface area contributed by atoms with Crippen molar-refractivity contribution in [2.45, 2.75) is 13.1 Å². The number of hydrogen-bond donors (Lipinski definition) is 1. The number of aromatic nitrogens is 2. The van der Waals surface area contributed by atoms with E-state index in [1.54, 1.807) is 27.5 Å². The van der Waals surface area contributed by atoms with Gasteiger partial charge in [0.2, 0.25) is 5.75 Å². The van der Waals surface area contributed by atoms with Crippen LogP contribution in [0.15, 0.2) is 24.4 Å². The van der Waals surface area contributed by atoms with Crippen LogP contribution in [-0.2, 0) is 20.1 Å². The Bertz CT molecular complexity index is 571. The number of ether oxygens (including phenoxy) is 3. The van der Waals surface area contributed by atoms with Gasteiger partial charge >= 0.3 is 0 Å². The zero-order valence-electron chi connectivity index (χ0n) is 12.8. The molecule has 0 aliphatic carbocycles. The Kier molecular flexibility index (Phi) is 5.05. The average Bonchev–Trinajstić information content (AvgIpc) is 2.91. The minimum absolute atomic E-state index is 0.607. The Hall–Kier alpha value is -2.21. The van der Waals surface area contributed by atoms with Crippen molar-refractivity contribution >= 4 is 0 Å². The summed E-state index contributed by atoms with van der Waals surface area (Å²) in [6.45, 7) is 1.44. The van der Waals surface area contributed by atoms with E-state index in [1.165, 1.54) is 0 Å². The Labute approximate surface area is 124 Å². The maximum Gasteiger partial charge on any atom is 0.203 e. The Morgan fingerprint density at radius 3 is 2.19 bits per heavy atom. The van der Waals surface area contributed by atoms with Gasteiger partial charge in [-0.1, -0.05) is 0 Å². The van der Waals surface area contributed by atoms with Crippen LogP contribution in [0.5, 0.6) is 17.2 Å². The molecule has 2 aromatic rings. The molecule has 1 heterocycles. The maximum atomic E-state index is 5.34. The number of benzene rings is 1. The smallest absolute Gasteiger partial charge is 0.203 e. The molecule has 0 unspecified atom stereocenters. The largest absolute Gasteiger partial charge is 0.493 e. The van der Waals surface area contributed by atoms with Gasteiger partial charge in [0.25, 0.3) is 0 Å². The van der Waals surface area contributed by atoms with Gasteiger partial charge in [-0.2, -0.15) is 5.10 Å². The van der Waals surface area contributed by atoms with Gasteiger partial charge in [0, 0.05) is 26.3 Å². The van der Waals surface area contributed by atoms with E-state index in [-0.39, 0.29) is 0 Å². The topological polar surface area (TPSA) is 57.5 Å². The van der Waals surface area contributed by atoms with Gasteiger partial charge < -0.3 is 19.5 Å². The highest BCUT2D eigenvalue weighted by molar-refractivity contribution is 5.53. The SMILES string of the molecule is COc1cc(CNCc2ccnn2C)cc(OC)c1OC. The predicted molar refractivity (Wildman–Crippen MR) is 79.8 cm³/mol. The van der Waals surface area contributed by atoms with Gasteiger partial charge in [0.15, 0.2) is 11.5 Å². The second-order valence-corrected chi connectivity index (χ2v) is 4.58. The zero-order valence-corrected chi connectivity index (χ0v) is 12.8. The molecule has 6 heteroatoms. The fourth-order valence-electron chi connectivity index (χ4n) is 2.15. The Balaban J connectivity index is 2.08. The van der Waals surface area contributed by atoms with Crippen LogP contribution < -0.4 is 19.5 Å². The molecular formula is C15H21N3O3. The molecule has 6 nitrogen and oxygen atoms in total. The predicted octanol–water partition coefficient (Wildman–Crippen LogP) is 1.74. The number of nitrogens with zero attached hydrogens (tertiary/aromatic N) is 2. The fraction of sp³-hybridized carbons (Fsp3) is 0.400. The lowest BCUT2D eigenvalue weighted by Crippen LogP contribution is -2.15. The van der Waals surface area contributed by atoms with Crippen molar-refractivity contribution in [1.29, 1.82) is 0 Å². The summed E-state index contributed by atoms with van der Waals surface area (Å²) in [7, 11) is 6.76. The highest BCUT2D eigenvalue weighted by Gasteiger charge is 2.12. The summed E-state index contributed by atoms with van der Waals surface area (Å²) in [5.41, 5.74) is 2.19. The van der Waals surface area contributed by atoms with Crippen LogP contribution in [0, 0.1) is 0 Å². The molecule has 0 saturated carbocycles. The maximum absolute atomic E-state index is 5.34. The summed E-state index contributed by atoms with van der Waals surface area (Å²) in [6.07, 6.45) is 1.79. The molecule has 1 aromatic heterocycles. The van der Waals surface area contributed by atoms with Crippen LogP contribution in [0.4, 0.5) is 0 Å². The highest BCUT2D eigenvalue weighted by Crippen LogP contribution is 2.38. The molecule has 1 N–H and O–H groups in total. The third kappa shape index (κ3) is 3.46. The van der Waals surface area contributed by atoms with Gasteiger partial charge in [-0.05, 0) is 23.8 Å². The van der Waals surface area contributed by atoms with Gasteiger partial charge in [-0.15, -0.1) is 0 Å². The molecule has 0 atom stereocenters. The summed E-state index contributed by atoms with van der Waals surface area (Å²) in [5.74, 6) is 1.93. The van der Waals surface area contributed by atoms with Crippen LogP contribution in [0.1, 0.15) is 11.3 Å². The molecule has 1 aromatic carbocycles. The Morgan fingerprint density at radius 1 is 1.05 bits per heavy atom. The summed E-state index contributed by atoms with van der Waals surface area (Å²) < 4.78 is 17.8. The molecule has 0 amide bonds. The van der Waals surface area contributed by atoms with Gasteiger partial charge in [0.1, 0.15) is 0 Å². The first-order valence-corrected chi connectivity index (χ1v) is 6.66. The van der Waals surface area contributed by atoms with Crippen molar-refractivity contribution in [3.63, 3.8) is 0 Å². The molecular weight excluding hydrogens is 270 g/mol. The van der Waals surface area contributed by atoms with E-state index in [0.717, 1.165) is 17.8 Å². The molecule has 0 fully saturated rings. The first-order chi connectivity index (χ1) is 10.2. The molecule has 0 aliphatic heterocycles. The van der Waals surface area contributed by atoms with Crippen molar-refractivity contribution in [3.8, 4) is 17.2 Å². The number of nitrogens with one attached hydrogen (secondary N) is 1. The van der Waals surface area contributed by atoms with E-state index in [0.29, 0.717) is 23.8 Å². The highest BCUT2D eigenvalue weighted by atomic mass is 16.5. The van der Waals surface area contributed by atoms with E-state index >= 15 is 0 Å². The summed E-state index contributed by atoms with van der Waals surface area (Å²) in [4.78, 5) is 0. The quantitative estimate of drug-likeness (QED) is 0.842. The summed E-state index contributed by atoms with van der Waals surface area (Å²) in [5, 5.41) is 7.51. The molecule has 0 aliphatic rings. The van der Waals surface area contributed by atoms with E-state index in [9.17, 15) is 0 Å². The number of rotatable bonds is 7. The monoisotopic (exact) mass is 291 g/mol. The van der Waals surface area contributed by atoms with Crippen LogP contribution in [0.25, 0.3) is 0 Å². The zero-order chi connectivity index (χ0) is 15.2. The standard InChI is InChI=1S/C15H21N3O3/c1-18-12(5-6-17-18)10-16-9-11-7-13(19-2)15(21-4)14(8-11)20-3/h5-8,16H,9-10H2,1-4H3. The van der Waals surface area contributed by atoms with Gasteiger partial charge in [-0.3, -0.25) is 4.68 Å². The molecule has 2 rings (SSSR count). The number of hydrogen-bond acceptors (Lipinski definition) is 5. The lowest BCUT2D eigenvalue weighted by atomic mass is 10.1. The molecule has 0 saturated heterocycles. The van der Waals surface area contributed by atoms with Crippen LogP contribution >= 0.6 is 0 Å². The van der Waals surface area contributed by atoms with Gasteiger partial charge in [0.05, 0.1) is 27.0 Å². The van der Waals surface area contributed by atoms with Crippen molar-refractivity contribution in [3.05, 3.63) is 35.7 Å². The fourth-order valence-corrected chi connectivity index (χ4v) is 2.15. The lowest BCUT2D eigenvalue weighted by molar-refractivity contribution is 0.323. The van der Waals surface area contributed by atoms with E-state index in [1.807, 2.05) is 29.9 Å². The third-order valence-electron chi connectivity index (χ3n) is 3.28. The van der Waals surface area contributed by atoms with E-state index in [4.69, 9.17) is 14.2 Å². The molecule has 0 spiro atoms. The van der Waals surface area contributed by atoms with Crippen molar-refractivity contribution in [2.24, 2.45) is 7.05 Å². The van der Waals surface area contributed by atoms with Crippen molar-refractivity contribution in [2.75, 3.05) is 21.3 Å². The average molecular weight is 291 g/mol. The minimum Gasteiger partial charge on any atom is -0.493 e. The second-order valence-electron chi connectivity index (χ2n) is 4.58. The lowest BCUT2D eigenvalue weighted by Gasteiger charge is -2.14. The van der Waals surface area contributed by atoms with E-state index < -0.39 is 0 Å². The van der Waals surface area contributed by atoms with Crippen molar-refractivity contribution in [1.82, 2.24) is 15.1 Å². The second kappa shape index (κ2) is 6.99. The van der Waals surface area contributed by atoms with Crippen LogP contribution in [-0.4, -0.2) is 31.1 Å². The third-order valence-corrected chi connectivity index (χ3v) is 3.28. The summed E-state index contributed by atoms with van der Waals surface area (Å²) >= 11 is 0. The molecule has 21 heavy (non-hydrogen) atoms. The first-order valence-electron chi connectivity index (χ1n) is 6.66. The molecule has 0 bridgehead atoms. The Morgan fingerprint density at radius 2 is 1.71 bits per heavy atom. The summed E-state index contributed by atoms with van der Waals surface area (Å²) in [6, 6.07) is 5.87.